The van der Waals surface area contributed by atoms with E-state index < -0.39 is 17.8 Å². The third-order valence-electron chi connectivity index (χ3n) is 3.07. The van der Waals surface area contributed by atoms with Crippen LogP contribution in [0.25, 0.3) is 5.69 Å². The Kier molecular flexibility index (Phi) is 5.09. The van der Waals surface area contributed by atoms with Crippen LogP contribution in [-0.4, -0.2) is 29.1 Å². The van der Waals surface area contributed by atoms with Crippen molar-refractivity contribution in [2.24, 2.45) is 4.99 Å². The minimum absolute atomic E-state index is 0.104. The minimum Gasteiger partial charge on any atom is -0.313 e. The van der Waals surface area contributed by atoms with Crippen LogP contribution in [0.5, 0.6) is 0 Å². The molecule has 0 saturated heterocycles. The molecule has 1 aromatic carbocycles. The number of halogens is 3. The van der Waals surface area contributed by atoms with Crippen molar-refractivity contribution in [1.82, 2.24) is 9.47 Å². The van der Waals surface area contributed by atoms with E-state index in [0.29, 0.717) is 10.5 Å². The van der Waals surface area contributed by atoms with Crippen LogP contribution >= 0.6 is 11.3 Å². The van der Waals surface area contributed by atoms with E-state index in [2.05, 4.69) is 4.99 Å². The van der Waals surface area contributed by atoms with Gasteiger partial charge in [0.2, 0.25) is 0 Å². The highest BCUT2D eigenvalue weighted by Gasteiger charge is 2.30. The number of hydrogen-bond acceptors (Lipinski definition) is 3. The molecule has 9 heteroatoms. The van der Waals surface area contributed by atoms with Gasteiger partial charge in [0, 0.05) is 23.8 Å². The number of nitrogens with zero attached hydrogens (tertiary/aromatic N) is 4. The molecular weight excluding hydrogens is 341 g/mol. The van der Waals surface area contributed by atoms with E-state index in [9.17, 15) is 18.0 Å². The lowest BCUT2D eigenvalue weighted by atomic mass is 10.2. The highest BCUT2D eigenvalue weighted by atomic mass is 32.1. The molecule has 2 amide bonds. The summed E-state index contributed by atoms with van der Waals surface area (Å²) < 4.78 is 39.5. The van der Waals surface area contributed by atoms with Crippen molar-refractivity contribution in [1.29, 1.82) is 5.26 Å². The van der Waals surface area contributed by atoms with Gasteiger partial charge in [0.25, 0.3) is 0 Å². The number of nitriles is 1. The first-order chi connectivity index (χ1) is 11.2. The van der Waals surface area contributed by atoms with Crippen molar-refractivity contribution < 1.29 is 18.0 Å². The van der Waals surface area contributed by atoms with Crippen molar-refractivity contribution in [3.05, 3.63) is 45.7 Å². The molecule has 2 aromatic rings. The standard InChI is InChI=1S/C15H13F3N4OS/c1-10-9-22(12-5-3-11(4-6-12)15(16,17)18)14(24-10)20-13(23)21(2)8-7-19/h3-6,9H,8H2,1-2H3/b20-14-. The van der Waals surface area contributed by atoms with Crippen molar-refractivity contribution >= 4 is 17.4 Å². The number of urea groups is 1. The molecule has 24 heavy (non-hydrogen) atoms. The van der Waals surface area contributed by atoms with Gasteiger partial charge in [0.1, 0.15) is 6.54 Å². The summed E-state index contributed by atoms with van der Waals surface area (Å²) >= 11 is 1.23. The zero-order valence-electron chi connectivity index (χ0n) is 12.8. The van der Waals surface area contributed by atoms with E-state index >= 15 is 0 Å². The van der Waals surface area contributed by atoms with Crippen molar-refractivity contribution in [3.63, 3.8) is 0 Å². The lowest BCUT2D eigenvalue weighted by Crippen LogP contribution is -2.26. The number of alkyl halides is 3. The summed E-state index contributed by atoms with van der Waals surface area (Å²) in [4.78, 5) is 18.2. The SMILES string of the molecule is Cc1cn(-c2ccc(C(F)(F)F)cc2)/c(=N/C(=O)N(C)CC#N)s1. The molecule has 0 fully saturated rings. The van der Waals surface area contributed by atoms with E-state index in [0.717, 1.165) is 21.9 Å². The second kappa shape index (κ2) is 6.88. The maximum Gasteiger partial charge on any atom is 0.416 e. The van der Waals surface area contributed by atoms with Gasteiger partial charge in [-0.15, -0.1) is 11.3 Å². The smallest absolute Gasteiger partial charge is 0.313 e. The summed E-state index contributed by atoms with van der Waals surface area (Å²) in [6.07, 6.45) is -2.72. The molecule has 0 aliphatic rings. The van der Waals surface area contributed by atoms with Crippen LogP contribution < -0.4 is 4.80 Å². The Morgan fingerprint density at radius 3 is 2.54 bits per heavy atom. The number of thiazole rings is 1. The van der Waals surface area contributed by atoms with E-state index in [1.807, 2.05) is 6.07 Å². The zero-order valence-corrected chi connectivity index (χ0v) is 13.6. The van der Waals surface area contributed by atoms with Gasteiger partial charge in [-0.3, -0.25) is 4.57 Å². The molecule has 0 aliphatic carbocycles. The van der Waals surface area contributed by atoms with Gasteiger partial charge in [-0.05, 0) is 31.2 Å². The van der Waals surface area contributed by atoms with Gasteiger partial charge < -0.3 is 4.90 Å². The van der Waals surface area contributed by atoms with Crippen LogP contribution in [0.15, 0.2) is 35.5 Å². The van der Waals surface area contributed by atoms with Crippen LogP contribution in [-0.2, 0) is 6.18 Å². The Morgan fingerprint density at radius 1 is 1.38 bits per heavy atom. The Hall–Kier alpha value is -2.60. The predicted octanol–water partition coefficient (Wildman–Crippen LogP) is 3.34. The van der Waals surface area contributed by atoms with E-state index in [-0.39, 0.29) is 6.54 Å². The number of carbonyl (C=O) groups is 1. The fourth-order valence-corrected chi connectivity index (χ4v) is 2.70. The first-order valence-corrected chi connectivity index (χ1v) is 7.57. The van der Waals surface area contributed by atoms with E-state index in [1.54, 1.807) is 13.1 Å². The maximum absolute atomic E-state index is 12.6. The van der Waals surface area contributed by atoms with Gasteiger partial charge >= 0.3 is 12.2 Å². The van der Waals surface area contributed by atoms with E-state index in [1.165, 1.54) is 35.1 Å². The molecule has 126 valence electrons. The largest absolute Gasteiger partial charge is 0.416 e. The number of benzene rings is 1. The van der Waals surface area contributed by atoms with Crippen molar-refractivity contribution in [2.45, 2.75) is 13.1 Å². The van der Waals surface area contributed by atoms with Crippen LogP contribution in [0.4, 0.5) is 18.0 Å². The molecule has 0 radical (unpaired) electrons. The quantitative estimate of drug-likeness (QED) is 0.777. The second-order valence-electron chi connectivity index (χ2n) is 4.95. The first kappa shape index (κ1) is 17.7. The number of aromatic nitrogens is 1. The van der Waals surface area contributed by atoms with Crippen molar-refractivity contribution in [2.75, 3.05) is 13.6 Å². The van der Waals surface area contributed by atoms with Gasteiger partial charge in [-0.2, -0.15) is 23.4 Å². The molecule has 1 heterocycles. The third-order valence-corrected chi connectivity index (χ3v) is 3.97. The maximum atomic E-state index is 12.6. The zero-order chi connectivity index (χ0) is 17.9. The number of rotatable bonds is 2. The summed E-state index contributed by atoms with van der Waals surface area (Å²) in [6.45, 7) is 1.70. The first-order valence-electron chi connectivity index (χ1n) is 6.76. The normalized spacial score (nSPS) is 12.1. The predicted molar refractivity (Wildman–Crippen MR) is 82.6 cm³/mol. The number of aryl methyl sites for hydroxylation is 1. The third kappa shape index (κ3) is 4.02. The monoisotopic (exact) mass is 354 g/mol. The molecular formula is C15H13F3N4OS. The molecule has 2 rings (SSSR count). The average Bonchev–Trinajstić information content (AvgIpc) is 2.87. The Bertz CT molecular complexity index is 843. The van der Waals surface area contributed by atoms with Crippen LogP contribution in [0.1, 0.15) is 10.4 Å². The van der Waals surface area contributed by atoms with Gasteiger partial charge in [0.05, 0.1) is 11.6 Å². The fraction of sp³-hybridized carbons (Fsp3) is 0.267. The summed E-state index contributed by atoms with van der Waals surface area (Å²) in [5.41, 5.74) is -0.288. The van der Waals surface area contributed by atoms with Gasteiger partial charge in [-0.25, -0.2) is 4.79 Å². The number of hydrogen-bond donors (Lipinski definition) is 0. The molecule has 5 nitrogen and oxygen atoms in total. The topological polar surface area (TPSA) is 61.4 Å². The highest BCUT2D eigenvalue weighted by molar-refractivity contribution is 7.09. The summed E-state index contributed by atoms with van der Waals surface area (Å²) in [6, 6.07) is 5.83. The van der Waals surface area contributed by atoms with Crippen molar-refractivity contribution in [3.8, 4) is 11.8 Å². The lowest BCUT2D eigenvalue weighted by molar-refractivity contribution is -0.137. The Labute approximate surface area is 139 Å². The number of amides is 2. The van der Waals surface area contributed by atoms with E-state index in [4.69, 9.17) is 5.26 Å². The lowest BCUT2D eigenvalue weighted by Gasteiger charge is -2.09. The Morgan fingerprint density at radius 2 is 2.00 bits per heavy atom. The molecule has 0 bridgehead atoms. The highest BCUT2D eigenvalue weighted by Crippen LogP contribution is 2.29. The second-order valence-corrected chi connectivity index (χ2v) is 6.16. The van der Waals surface area contributed by atoms with Crippen LogP contribution in [0.2, 0.25) is 0 Å². The number of carbonyl (C=O) groups excluding carboxylic acids is 1. The summed E-state index contributed by atoms with van der Waals surface area (Å²) in [5, 5.41) is 8.60. The molecule has 0 atom stereocenters. The molecule has 0 unspecified atom stereocenters. The summed E-state index contributed by atoms with van der Waals surface area (Å²) in [5.74, 6) is 0. The Balaban J connectivity index is 2.43. The molecule has 0 aliphatic heterocycles. The van der Waals surface area contributed by atoms with Crippen LogP contribution in [0, 0.1) is 18.3 Å². The fourth-order valence-electron chi connectivity index (χ4n) is 1.87. The molecule has 1 aromatic heterocycles. The molecule has 0 saturated carbocycles. The minimum atomic E-state index is -4.41. The average molecular weight is 354 g/mol. The van der Waals surface area contributed by atoms with Crippen LogP contribution in [0.3, 0.4) is 0 Å². The molecule has 0 N–H and O–H groups in total. The molecule has 0 spiro atoms. The summed E-state index contributed by atoms with van der Waals surface area (Å²) in [7, 11) is 1.44. The van der Waals surface area contributed by atoms with Gasteiger partial charge in [-0.1, -0.05) is 0 Å². The van der Waals surface area contributed by atoms with Gasteiger partial charge in [0.15, 0.2) is 4.80 Å².